The number of aryl methyl sites for hydroxylation is 1. The van der Waals surface area contributed by atoms with Gasteiger partial charge in [0, 0.05) is 30.5 Å². The van der Waals surface area contributed by atoms with Crippen molar-refractivity contribution in [2.24, 2.45) is 4.99 Å². The number of aliphatic imine (C=N–C) groups is 1. The zero-order valence-electron chi connectivity index (χ0n) is 16.7. The number of amides is 2. The predicted molar refractivity (Wildman–Crippen MR) is 114 cm³/mol. The van der Waals surface area contributed by atoms with Gasteiger partial charge < -0.3 is 15.4 Å². The van der Waals surface area contributed by atoms with Crippen molar-refractivity contribution in [1.82, 2.24) is 5.32 Å². The number of guanidine groups is 1. The molecule has 29 heavy (non-hydrogen) atoms. The molecule has 0 aliphatic carbocycles. The molecule has 3 N–H and O–H groups in total. The van der Waals surface area contributed by atoms with E-state index in [2.05, 4.69) is 20.9 Å². The molecule has 3 rings (SSSR count). The molecule has 1 aliphatic rings. The van der Waals surface area contributed by atoms with Gasteiger partial charge in [0.2, 0.25) is 11.9 Å². The van der Waals surface area contributed by atoms with Crippen LogP contribution in [0.2, 0.25) is 0 Å². The minimum Gasteiger partial charge on any atom is -0.376 e. The van der Waals surface area contributed by atoms with Gasteiger partial charge in [0.25, 0.3) is 5.91 Å². The van der Waals surface area contributed by atoms with Crippen molar-refractivity contribution in [2.45, 2.75) is 32.8 Å². The molecular weight excluding hydrogens is 368 g/mol. The van der Waals surface area contributed by atoms with Gasteiger partial charge in [-0.15, -0.1) is 0 Å². The summed E-state index contributed by atoms with van der Waals surface area (Å²) in [5, 5.41) is 8.70. The van der Waals surface area contributed by atoms with Gasteiger partial charge in [-0.2, -0.15) is 0 Å². The average Bonchev–Trinajstić information content (AvgIpc) is 3.19. The number of hydrogen-bond acceptors (Lipinski definition) is 4. The van der Waals surface area contributed by atoms with E-state index in [1.54, 1.807) is 24.3 Å². The highest BCUT2D eigenvalue weighted by atomic mass is 16.5. The molecule has 1 aliphatic heterocycles. The molecule has 1 fully saturated rings. The largest absolute Gasteiger partial charge is 0.376 e. The lowest BCUT2D eigenvalue weighted by Gasteiger charge is -2.14. The van der Waals surface area contributed by atoms with Crippen LogP contribution in [-0.4, -0.2) is 37.0 Å². The quantitative estimate of drug-likeness (QED) is 0.536. The molecule has 0 radical (unpaired) electrons. The first-order valence-electron chi connectivity index (χ1n) is 9.68. The topological polar surface area (TPSA) is 91.8 Å². The molecule has 2 aromatic carbocycles. The molecule has 0 spiro atoms. The summed E-state index contributed by atoms with van der Waals surface area (Å²) in [6.07, 6.45) is 2.07. The van der Waals surface area contributed by atoms with Crippen molar-refractivity contribution >= 4 is 29.1 Å². The van der Waals surface area contributed by atoms with Crippen molar-refractivity contribution in [3.63, 3.8) is 0 Å². The van der Waals surface area contributed by atoms with Crippen molar-refractivity contribution in [3.05, 3.63) is 59.7 Å². The fourth-order valence-corrected chi connectivity index (χ4v) is 3.07. The first-order valence-corrected chi connectivity index (χ1v) is 9.68. The predicted octanol–water partition coefficient (Wildman–Crippen LogP) is 3.33. The van der Waals surface area contributed by atoms with Gasteiger partial charge in [0.1, 0.15) is 0 Å². The van der Waals surface area contributed by atoms with Crippen LogP contribution in [0.5, 0.6) is 0 Å². The molecule has 2 amide bonds. The van der Waals surface area contributed by atoms with E-state index >= 15 is 0 Å². The summed E-state index contributed by atoms with van der Waals surface area (Å²) in [7, 11) is 0. The number of anilines is 2. The number of nitrogens with one attached hydrogen (secondary N) is 3. The highest BCUT2D eigenvalue weighted by Gasteiger charge is 2.16. The Hall–Kier alpha value is -3.19. The van der Waals surface area contributed by atoms with Crippen molar-refractivity contribution in [1.29, 1.82) is 0 Å². The van der Waals surface area contributed by atoms with Crippen LogP contribution in [0.25, 0.3) is 0 Å². The van der Waals surface area contributed by atoms with Gasteiger partial charge in [0.05, 0.1) is 12.6 Å². The summed E-state index contributed by atoms with van der Waals surface area (Å²) >= 11 is 0. The number of rotatable bonds is 5. The van der Waals surface area contributed by atoms with E-state index in [0.29, 0.717) is 23.8 Å². The van der Waals surface area contributed by atoms with Gasteiger partial charge in [-0.05, 0) is 55.7 Å². The third-order valence-electron chi connectivity index (χ3n) is 4.43. The summed E-state index contributed by atoms with van der Waals surface area (Å²) in [4.78, 5) is 28.6. The maximum absolute atomic E-state index is 12.8. The number of carbonyl (C=O) groups is 2. The molecule has 0 aromatic heterocycles. The van der Waals surface area contributed by atoms with E-state index in [4.69, 9.17) is 4.74 Å². The van der Waals surface area contributed by atoms with Crippen LogP contribution in [0, 0.1) is 6.92 Å². The van der Waals surface area contributed by atoms with E-state index in [0.717, 1.165) is 30.7 Å². The Morgan fingerprint density at radius 1 is 1.10 bits per heavy atom. The number of nitrogens with zero attached hydrogens (tertiary/aromatic N) is 1. The highest BCUT2D eigenvalue weighted by molar-refractivity contribution is 6.10. The van der Waals surface area contributed by atoms with Crippen LogP contribution in [0.1, 0.15) is 35.7 Å². The Morgan fingerprint density at radius 3 is 2.55 bits per heavy atom. The van der Waals surface area contributed by atoms with Crippen LogP contribution in [-0.2, 0) is 9.53 Å². The van der Waals surface area contributed by atoms with Crippen LogP contribution in [0.15, 0.2) is 53.5 Å². The monoisotopic (exact) mass is 394 g/mol. The van der Waals surface area contributed by atoms with Crippen LogP contribution >= 0.6 is 0 Å². The van der Waals surface area contributed by atoms with Gasteiger partial charge in [-0.3, -0.25) is 14.9 Å². The van der Waals surface area contributed by atoms with Crippen molar-refractivity contribution in [2.75, 3.05) is 23.8 Å². The Morgan fingerprint density at radius 2 is 1.86 bits per heavy atom. The fraction of sp³-hybridized carbons (Fsp3) is 0.318. The molecule has 152 valence electrons. The summed E-state index contributed by atoms with van der Waals surface area (Å²) < 4.78 is 5.63. The van der Waals surface area contributed by atoms with E-state index in [9.17, 15) is 9.59 Å². The van der Waals surface area contributed by atoms with Crippen molar-refractivity contribution < 1.29 is 14.3 Å². The Kier molecular flexibility index (Phi) is 6.97. The van der Waals surface area contributed by atoms with E-state index in [-0.39, 0.29) is 17.9 Å². The standard InChI is InChI=1S/C22H26N4O3/c1-15-6-3-8-18(12-15)25-22(23-14-20-10-5-11-29-20)26-21(28)17-7-4-9-19(13-17)24-16(2)27/h3-4,6-9,12-13,20H,5,10-11,14H2,1-2H3,(H,24,27)(H2,23,25,26,28)/t20-/m0/s1. The number of benzene rings is 2. The van der Waals surface area contributed by atoms with Gasteiger partial charge >= 0.3 is 0 Å². The van der Waals surface area contributed by atoms with Crippen molar-refractivity contribution in [3.8, 4) is 0 Å². The minimum absolute atomic E-state index is 0.0734. The maximum atomic E-state index is 12.8. The zero-order valence-corrected chi connectivity index (χ0v) is 16.7. The van der Waals surface area contributed by atoms with Gasteiger partial charge in [0.15, 0.2) is 0 Å². The first-order chi connectivity index (χ1) is 14.0. The number of hydrogen-bond donors (Lipinski definition) is 3. The smallest absolute Gasteiger partial charge is 0.258 e. The lowest BCUT2D eigenvalue weighted by atomic mass is 10.2. The SMILES string of the molecule is CC(=O)Nc1cccc(C(=O)NC(=NC[C@@H]2CCCO2)Nc2cccc(C)c2)c1. The van der Waals surface area contributed by atoms with Crippen LogP contribution in [0.4, 0.5) is 11.4 Å². The molecule has 1 atom stereocenters. The molecule has 7 nitrogen and oxygen atoms in total. The molecule has 1 heterocycles. The van der Waals surface area contributed by atoms with Crippen LogP contribution < -0.4 is 16.0 Å². The zero-order chi connectivity index (χ0) is 20.6. The first kappa shape index (κ1) is 20.5. The second-order valence-corrected chi connectivity index (χ2v) is 7.03. The molecule has 1 saturated heterocycles. The fourth-order valence-electron chi connectivity index (χ4n) is 3.07. The summed E-state index contributed by atoms with van der Waals surface area (Å²) in [5.41, 5.74) is 2.92. The highest BCUT2D eigenvalue weighted by Crippen LogP contribution is 2.14. The Balaban J connectivity index is 1.75. The van der Waals surface area contributed by atoms with Gasteiger partial charge in [-0.25, -0.2) is 4.99 Å². The number of ether oxygens (including phenoxy) is 1. The molecule has 0 unspecified atom stereocenters. The molecule has 0 bridgehead atoms. The summed E-state index contributed by atoms with van der Waals surface area (Å²) in [5.74, 6) is -0.146. The summed E-state index contributed by atoms with van der Waals surface area (Å²) in [6, 6.07) is 14.6. The second-order valence-electron chi connectivity index (χ2n) is 7.03. The molecule has 2 aromatic rings. The molecule has 7 heteroatoms. The third kappa shape index (κ3) is 6.43. The average molecular weight is 394 g/mol. The summed E-state index contributed by atoms with van der Waals surface area (Å²) in [6.45, 7) is 4.65. The van der Waals surface area contributed by atoms with Crippen LogP contribution in [0.3, 0.4) is 0 Å². The normalized spacial score (nSPS) is 16.3. The molecule has 0 saturated carbocycles. The second kappa shape index (κ2) is 9.84. The minimum atomic E-state index is -0.316. The van der Waals surface area contributed by atoms with Gasteiger partial charge in [-0.1, -0.05) is 18.2 Å². The van der Waals surface area contributed by atoms with E-state index < -0.39 is 0 Å². The number of carbonyl (C=O) groups excluding carboxylic acids is 2. The van der Waals surface area contributed by atoms with E-state index in [1.165, 1.54) is 6.92 Å². The lowest BCUT2D eigenvalue weighted by Crippen LogP contribution is -2.36. The maximum Gasteiger partial charge on any atom is 0.258 e. The van der Waals surface area contributed by atoms with E-state index in [1.807, 2.05) is 31.2 Å². The Labute approximate surface area is 170 Å². The molecular formula is C22H26N4O3. The third-order valence-corrected chi connectivity index (χ3v) is 4.43. The Bertz CT molecular complexity index is 904. The lowest BCUT2D eigenvalue weighted by molar-refractivity contribution is -0.114.